The minimum absolute atomic E-state index is 0.100. The maximum Gasteiger partial charge on any atom is 0.198 e. The van der Waals surface area contributed by atoms with Gasteiger partial charge in [-0.15, -0.1) is 0 Å². The van der Waals surface area contributed by atoms with Gasteiger partial charge in [0, 0.05) is 16.7 Å². The van der Waals surface area contributed by atoms with Crippen molar-refractivity contribution >= 4 is 11.6 Å². The molecule has 0 radical (unpaired) electrons. The molecule has 0 unspecified atom stereocenters. The fourth-order valence-corrected chi connectivity index (χ4v) is 7.05. The lowest BCUT2D eigenvalue weighted by atomic mass is 9.60. The number of fused-ring (bicyclic) bond motifs is 6. The molecule has 3 aliphatic carbocycles. The summed E-state index contributed by atoms with van der Waals surface area (Å²) in [6.45, 7) is 11.7. The summed E-state index contributed by atoms with van der Waals surface area (Å²) in [6.07, 6.45) is 8.98. The van der Waals surface area contributed by atoms with E-state index in [1.165, 1.54) is 18.1 Å². The third kappa shape index (κ3) is 3.31. The van der Waals surface area contributed by atoms with Crippen LogP contribution >= 0.6 is 0 Å². The van der Waals surface area contributed by atoms with Gasteiger partial charge in [0.05, 0.1) is 5.56 Å². The number of hydrogen-bond donors (Lipinski definition) is 1. The van der Waals surface area contributed by atoms with Crippen molar-refractivity contribution in [1.82, 2.24) is 0 Å². The number of phenols is 1. The number of aromatic hydroxyl groups is 1. The first-order valence-electron chi connectivity index (χ1n) is 12.9. The van der Waals surface area contributed by atoms with Crippen molar-refractivity contribution in [2.45, 2.75) is 66.2 Å². The lowest BCUT2D eigenvalue weighted by Crippen LogP contribution is -2.36. The number of rotatable bonds is 4. The average Bonchev–Trinajstić information content (AvgIpc) is 3.17. The van der Waals surface area contributed by atoms with Crippen molar-refractivity contribution in [1.29, 1.82) is 0 Å². The molecule has 2 aromatic rings. The number of ketones is 2. The predicted octanol–water partition coefficient (Wildman–Crippen LogP) is 7.10. The zero-order valence-corrected chi connectivity index (χ0v) is 21.0. The number of carbonyl (C=O) groups excluding carboxylic acids is 2. The highest BCUT2D eigenvalue weighted by Crippen LogP contribution is 2.61. The monoisotopic (exact) mass is 456 g/mol. The van der Waals surface area contributed by atoms with Crippen molar-refractivity contribution in [3.8, 4) is 5.75 Å². The molecule has 1 saturated carbocycles. The molecule has 3 aliphatic rings. The Hall–Kier alpha value is -2.68. The van der Waals surface area contributed by atoms with E-state index in [-0.39, 0.29) is 28.3 Å². The van der Waals surface area contributed by atoms with E-state index in [9.17, 15) is 14.7 Å². The van der Waals surface area contributed by atoms with Gasteiger partial charge in [0.25, 0.3) is 0 Å². The Balaban J connectivity index is 1.51. The maximum atomic E-state index is 13.6. The van der Waals surface area contributed by atoms with Crippen LogP contribution in [0.25, 0.3) is 0 Å². The molecular formula is C31H36O3. The first-order chi connectivity index (χ1) is 16.1. The Morgan fingerprint density at radius 1 is 0.941 bits per heavy atom. The SMILES string of the molecule is CC(C)[C@@H](C)/C=C/[C@@H](C)[C@H]1CC[C@H]2c3ccc4c(c3CC[C@]12C)C(=O)c1c(O)cccc1C4=O. The molecule has 0 aliphatic heterocycles. The summed E-state index contributed by atoms with van der Waals surface area (Å²) < 4.78 is 0. The maximum absolute atomic E-state index is 13.6. The highest BCUT2D eigenvalue weighted by molar-refractivity contribution is 6.29. The van der Waals surface area contributed by atoms with Crippen molar-refractivity contribution in [3.05, 3.63) is 75.9 Å². The van der Waals surface area contributed by atoms with Crippen LogP contribution in [-0.2, 0) is 6.42 Å². The molecule has 0 amide bonds. The van der Waals surface area contributed by atoms with Crippen LogP contribution < -0.4 is 0 Å². The van der Waals surface area contributed by atoms with Crippen molar-refractivity contribution in [3.63, 3.8) is 0 Å². The van der Waals surface area contributed by atoms with Gasteiger partial charge in [0.2, 0.25) is 0 Å². The first kappa shape index (κ1) is 23.1. The summed E-state index contributed by atoms with van der Waals surface area (Å²) in [7, 11) is 0. The molecule has 0 saturated heterocycles. The summed E-state index contributed by atoms with van der Waals surface area (Å²) in [5.74, 6) is 2.30. The lowest BCUT2D eigenvalue weighted by Gasteiger charge is -2.44. The van der Waals surface area contributed by atoms with Crippen LogP contribution in [0.3, 0.4) is 0 Å². The quantitative estimate of drug-likeness (QED) is 0.426. The molecule has 1 N–H and O–H groups in total. The summed E-state index contributed by atoms with van der Waals surface area (Å²) in [6, 6.07) is 8.76. The molecule has 3 heteroatoms. The van der Waals surface area contributed by atoms with Crippen LogP contribution in [0.15, 0.2) is 42.5 Å². The Morgan fingerprint density at radius 2 is 1.68 bits per heavy atom. The minimum atomic E-state index is -0.198. The van der Waals surface area contributed by atoms with E-state index >= 15 is 0 Å². The van der Waals surface area contributed by atoms with Crippen LogP contribution in [0.1, 0.15) is 103 Å². The fourth-order valence-electron chi connectivity index (χ4n) is 7.05. The predicted molar refractivity (Wildman–Crippen MR) is 136 cm³/mol. The molecule has 0 bridgehead atoms. The second kappa shape index (κ2) is 8.22. The third-order valence-electron chi connectivity index (χ3n) is 9.44. The standard InChI is InChI=1S/C31H36O3/c1-17(2)18(3)9-10-19(4)24-13-14-25-20-11-12-23-27(21(20)15-16-31(24,25)5)30(34)28-22(29(23)33)7-6-8-26(28)32/h6-12,17-19,24-25,32H,13-16H2,1-5H3/b10-9+/t18-,19+,24+,25-,31+/m0/s1. The lowest BCUT2D eigenvalue weighted by molar-refractivity contribution is 0.0973. The summed E-state index contributed by atoms with van der Waals surface area (Å²) in [4.78, 5) is 26.8. The molecule has 3 nitrogen and oxygen atoms in total. The number of benzene rings is 2. The van der Waals surface area contributed by atoms with Gasteiger partial charge in [-0.1, -0.05) is 65.0 Å². The van der Waals surface area contributed by atoms with Gasteiger partial charge in [-0.2, -0.15) is 0 Å². The van der Waals surface area contributed by atoms with Crippen LogP contribution in [0.4, 0.5) is 0 Å². The van der Waals surface area contributed by atoms with Crippen LogP contribution in [0, 0.1) is 29.1 Å². The zero-order valence-electron chi connectivity index (χ0n) is 21.0. The first-order valence-corrected chi connectivity index (χ1v) is 12.9. The van der Waals surface area contributed by atoms with Gasteiger partial charge in [0.15, 0.2) is 11.6 Å². The molecule has 0 aromatic heterocycles. The minimum Gasteiger partial charge on any atom is -0.507 e. The van der Waals surface area contributed by atoms with Crippen molar-refractivity contribution < 1.29 is 14.7 Å². The number of hydrogen-bond acceptors (Lipinski definition) is 3. The molecule has 1 fully saturated rings. The molecule has 178 valence electrons. The van der Waals surface area contributed by atoms with Crippen LogP contribution in [-0.4, -0.2) is 16.7 Å². The van der Waals surface area contributed by atoms with E-state index in [2.05, 4.69) is 52.8 Å². The van der Waals surface area contributed by atoms with Crippen molar-refractivity contribution in [2.24, 2.45) is 29.1 Å². The smallest absolute Gasteiger partial charge is 0.198 e. The van der Waals surface area contributed by atoms with Gasteiger partial charge in [-0.3, -0.25) is 9.59 Å². The largest absolute Gasteiger partial charge is 0.507 e. The molecule has 0 heterocycles. The summed E-state index contributed by atoms with van der Waals surface area (Å²) >= 11 is 0. The number of carbonyl (C=O) groups is 2. The molecule has 2 aromatic carbocycles. The second-order valence-corrected chi connectivity index (χ2v) is 11.5. The van der Waals surface area contributed by atoms with Gasteiger partial charge >= 0.3 is 0 Å². The van der Waals surface area contributed by atoms with E-state index < -0.39 is 0 Å². The Kier molecular flexibility index (Phi) is 5.58. The van der Waals surface area contributed by atoms with Gasteiger partial charge < -0.3 is 5.11 Å². The zero-order chi connectivity index (χ0) is 24.4. The Morgan fingerprint density at radius 3 is 2.41 bits per heavy atom. The van der Waals surface area contributed by atoms with E-state index in [1.807, 2.05) is 6.07 Å². The summed E-state index contributed by atoms with van der Waals surface area (Å²) in [5.41, 5.74) is 4.01. The van der Waals surface area contributed by atoms with Gasteiger partial charge in [-0.05, 0) is 83.9 Å². The topological polar surface area (TPSA) is 54.4 Å². The normalized spacial score (nSPS) is 27.4. The third-order valence-corrected chi connectivity index (χ3v) is 9.44. The number of phenolic OH excluding ortho intramolecular Hbond substituents is 1. The molecular weight excluding hydrogens is 420 g/mol. The molecule has 34 heavy (non-hydrogen) atoms. The van der Waals surface area contributed by atoms with Crippen LogP contribution in [0.5, 0.6) is 5.75 Å². The van der Waals surface area contributed by atoms with Gasteiger partial charge in [-0.25, -0.2) is 0 Å². The fraction of sp³-hybridized carbons (Fsp3) is 0.484. The van der Waals surface area contributed by atoms with E-state index in [0.29, 0.717) is 46.3 Å². The highest BCUT2D eigenvalue weighted by atomic mass is 16.3. The molecule has 0 spiro atoms. The average molecular weight is 457 g/mol. The summed E-state index contributed by atoms with van der Waals surface area (Å²) in [5, 5.41) is 10.4. The van der Waals surface area contributed by atoms with E-state index in [4.69, 9.17) is 0 Å². The van der Waals surface area contributed by atoms with Crippen molar-refractivity contribution in [2.75, 3.05) is 0 Å². The van der Waals surface area contributed by atoms with E-state index in [0.717, 1.165) is 24.8 Å². The Bertz CT molecular complexity index is 1200. The van der Waals surface area contributed by atoms with Crippen LogP contribution in [0.2, 0.25) is 0 Å². The number of allylic oxidation sites excluding steroid dienone is 2. The molecule has 5 atom stereocenters. The van der Waals surface area contributed by atoms with Gasteiger partial charge in [0.1, 0.15) is 5.75 Å². The van der Waals surface area contributed by atoms with E-state index in [1.54, 1.807) is 12.1 Å². The highest BCUT2D eigenvalue weighted by Gasteiger charge is 2.51. The molecule has 5 rings (SSSR count). The second-order valence-electron chi connectivity index (χ2n) is 11.5. The Labute approximate surface area is 203 Å².